The number of rotatable bonds is 12. The van der Waals surface area contributed by atoms with Crippen molar-refractivity contribution in [3.63, 3.8) is 0 Å². The van der Waals surface area contributed by atoms with E-state index in [-0.39, 0.29) is 0 Å². The third kappa shape index (κ3) is 7.96. The van der Waals surface area contributed by atoms with Gasteiger partial charge in [-0.15, -0.1) is 0 Å². The third-order valence-electron chi connectivity index (χ3n) is 7.86. The molecule has 0 aromatic heterocycles. The second-order valence-electron chi connectivity index (χ2n) is 10.4. The van der Waals surface area contributed by atoms with Crippen LogP contribution < -0.4 is 4.74 Å². The average molecular weight is 474 g/mol. The van der Waals surface area contributed by atoms with Gasteiger partial charge in [-0.3, -0.25) is 0 Å². The molecule has 2 aromatic rings. The maximum Gasteiger partial charge on any atom is 0.343 e. The van der Waals surface area contributed by atoms with Crippen LogP contribution >= 0.6 is 0 Å². The van der Waals surface area contributed by atoms with E-state index >= 15 is 0 Å². The fourth-order valence-corrected chi connectivity index (χ4v) is 5.52. The van der Waals surface area contributed by atoms with Gasteiger partial charge in [-0.2, -0.15) is 5.26 Å². The Kier molecular flexibility index (Phi) is 10.9. The average Bonchev–Trinajstić information content (AvgIpc) is 2.90. The topological polar surface area (TPSA) is 50.1 Å². The van der Waals surface area contributed by atoms with E-state index in [1.54, 1.807) is 6.07 Å². The van der Waals surface area contributed by atoms with Crippen LogP contribution in [0.25, 0.3) is 0 Å². The first kappa shape index (κ1) is 27.0. The molecule has 3 rings (SSSR count). The van der Waals surface area contributed by atoms with Crippen molar-refractivity contribution in [2.45, 2.75) is 104 Å². The van der Waals surface area contributed by atoms with Gasteiger partial charge < -0.3 is 4.74 Å². The quantitative estimate of drug-likeness (QED) is 0.228. The standard InChI is InChI=1S/C32H43NO2/c1-4-7-9-24(6-3)21-26-11-14-27(15-12-26)28-16-18-29(19-17-28)32(34)35-31-20-13-25(10-8-5-2)22-30(31)23-33/h13,16-20,22,24,26-27H,4-12,14-15,21H2,1-3H3. The molecule has 3 nitrogen and oxygen atoms in total. The van der Waals surface area contributed by atoms with E-state index in [1.165, 1.54) is 63.4 Å². The number of carbonyl (C=O) groups excluding carboxylic acids is 1. The summed E-state index contributed by atoms with van der Waals surface area (Å²) in [4.78, 5) is 12.7. The summed E-state index contributed by atoms with van der Waals surface area (Å²) < 4.78 is 5.60. The lowest BCUT2D eigenvalue weighted by Crippen LogP contribution is -2.17. The molecule has 1 unspecified atom stereocenters. The van der Waals surface area contributed by atoms with Gasteiger partial charge in [-0.25, -0.2) is 4.79 Å². The molecule has 0 spiro atoms. The van der Waals surface area contributed by atoms with Gasteiger partial charge in [0.2, 0.25) is 0 Å². The fourth-order valence-electron chi connectivity index (χ4n) is 5.52. The molecule has 0 radical (unpaired) electrons. The Morgan fingerprint density at radius 2 is 1.71 bits per heavy atom. The molecule has 1 aliphatic carbocycles. The summed E-state index contributed by atoms with van der Waals surface area (Å²) in [5, 5.41) is 9.51. The highest BCUT2D eigenvalue weighted by Crippen LogP contribution is 2.39. The lowest BCUT2D eigenvalue weighted by molar-refractivity contribution is 0.0734. The van der Waals surface area contributed by atoms with Crippen molar-refractivity contribution in [2.24, 2.45) is 11.8 Å². The first-order valence-electron chi connectivity index (χ1n) is 13.9. The summed E-state index contributed by atoms with van der Waals surface area (Å²) in [5.74, 6) is 2.30. The van der Waals surface area contributed by atoms with Crippen molar-refractivity contribution in [3.8, 4) is 11.8 Å². The van der Waals surface area contributed by atoms with E-state index in [0.717, 1.165) is 36.7 Å². The van der Waals surface area contributed by atoms with Gasteiger partial charge in [-0.05, 0) is 98.1 Å². The number of nitrogens with zero attached hydrogens (tertiary/aromatic N) is 1. The van der Waals surface area contributed by atoms with Gasteiger partial charge in [0, 0.05) is 0 Å². The fraction of sp³-hybridized carbons (Fsp3) is 0.562. The van der Waals surface area contributed by atoms with Gasteiger partial charge in [0.05, 0.1) is 11.1 Å². The van der Waals surface area contributed by atoms with E-state index in [2.05, 4.69) is 39.0 Å². The van der Waals surface area contributed by atoms with Crippen molar-refractivity contribution < 1.29 is 9.53 Å². The molecular formula is C32H43NO2. The number of hydrogen-bond acceptors (Lipinski definition) is 3. The van der Waals surface area contributed by atoms with Gasteiger partial charge in [0.15, 0.2) is 0 Å². The van der Waals surface area contributed by atoms with Gasteiger partial charge >= 0.3 is 5.97 Å². The first-order valence-corrected chi connectivity index (χ1v) is 13.9. The van der Waals surface area contributed by atoms with E-state index in [4.69, 9.17) is 4.74 Å². The number of hydrogen-bond donors (Lipinski definition) is 0. The molecular weight excluding hydrogens is 430 g/mol. The first-order chi connectivity index (χ1) is 17.1. The zero-order valence-electron chi connectivity index (χ0n) is 22.0. The van der Waals surface area contributed by atoms with Crippen LogP contribution in [0.1, 0.15) is 124 Å². The largest absolute Gasteiger partial charge is 0.422 e. The molecule has 0 heterocycles. The second-order valence-corrected chi connectivity index (χ2v) is 10.4. The Bertz CT molecular complexity index is 964. The molecule has 1 atom stereocenters. The molecule has 1 aliphatic rings. The number of esters is 1. The van der Waals surface area contributed by atoms with Crippen LogP contribution in [0.5, 0.6) is 5.75 Å². The zero-order valence-corrected chi connectivity index (χ0v) is 22.0. The van der Waals surface area contributed by atoms with Crippen LogP contribution in [0.3, 0.4) is 0 Å². The minimum atomic E-state index is -0.407. The number of ether oxygens (including phenoxy) is 1. The van der Waals surface area contributed by atoms with E-state index in [0.29, 0.717) is 22.8 Å². The Morgan fingerprint density at radius 1 is 1.00 bits per heavy atom. The minimum Gasteiger partial charge on any atom is -0.422 e. The van der Waals surface area contributed by atoms with Crippen molar-refractivity contribution in [1.82, 2.24) is 0 Å². The highest BCUT2D eigenvalue weighted by molar-refractivity contribution is 5.91. The molecule has 1 fully saturated rings. The summed E-state index contributed by atoms with van der Waals surface area (Å²) in [7, 11) is 0. The summed E-state index contributed by atoms with van der Waals surface area (Å²) in [6, 6.07) is 15.7. The lowest BCUT2D eigenvalue weighted by Gasteiger charge is -2.31. The van der Waals surface area contributed by atoms with Gasteiger partial charge in [0.1, 0.15) is 11.8 Å². The van der Waals surface area contributed by atoms with Gasteiger partial charge in [-0.1, -0.05) is 71.1 Å². The maximum atomic E-state index is 12.7. The minimum absolute atomic E-state index is 0.337. The van der Waals surface area contributed by atoms with Crippen LogP contribution in [0.4, 0.5) is 0 Å². The third-order valence-corrected chi connectivity index (χ3v) is 7.86. The SMILES string of the molecule is CCCCc1ccc(OC(=O)c2ccc(C3CCC(CC(CC)CCCC)CC3)cc2)c(C#N)c1. The summed E-state index contributed by atoms with van der Waals surface area (Å²) in [6.07, 6.45) is 15.0. The maximum absolute atomic E-state index is 12.7. The number of carbonyl (C=O) groups is 1. The molecule has 0 N–H and O–H groups in total. The summed E-state index contributed by atoms with van der Waals surface area (Å²) >= 11 is 0. The smallest absolute Gasteiger partial charge is 0.343 e. The zero-order chi connectivity index (χ0) is 25.0. The number of aryl methyl sites for hydroxylation is 1. The Balaban J connectivity index is 1.54. The van der Waals surface area contributed by atoms with Crippen LogP contribution in [0.15, 0.2) is 42.5 Å². The van der Waals surface area contributed by atoms with E-state index < -0.39 is 5.97 Å². The predicted molar refractivity (Wildman–Crippen MR) is 144 cm³/mol. The van der Waals surface area contributed by atoms with Crippen LogP contribution in [0, 0.1) is 23.2 Å². The Morgan fingerprint density at radius 3 is 2.34 bits per heavy atom. The van der Waals surface area contributed by atoms with E-state index in [1.807, 2.05) is 24.3 Å². The number of benzene rings is 2. The van der Waals surface area contributed by atoms with Crippen molar-refractivity contribution in [1.29, 1.82) is 5.26 Å². The van der Waals surface area contributed by atoms with Crippen molar-refractivity contribution in [3.05, 3.63) is 64.7 Å². The molecule has 2 aromatic carbocycles. The molecule has 0 saturated heterocycles. The Hall–Kier alpha value is -2.60. The van der Waals surface area contributed by atoms with Crippen LogP contribution in [-0.4, -0.2) is 5.97 Å². The highest BCUT2D eigenvalue weighted by atomic mass is 16.5. The lowest BCUT2D eigenvalue weighted by atomic mass is 9.75. The molecule has 35 heavy (non-hydrogen) atoms. The Labute approximate surface area is 212 Å². The van der Waals surface area contributed by atoms with E-state index in [9.17, 15) is 10.1 Å². The molecule has 0 aliphatic heterocycles. The molecule has 3 heteroatoms. The second kappa shape index (κ2) is 14.1. The normalized spacial score (nSPS) is 18.6. The molecule has 188 valence electrons. The molecule has 0 bridgehead atoms. The molecule has 0 amide bonds. The number of nitriles is 1. The summed E-state index contributed by atoms with van der Waals surface area (Å²) in [6.45, 7) is 6.79. The molecule has 1 saturated carbocycles. The van der Waals surface area contributed by atoms with Crippen LogP contribution in [-0.2, 0) is 6.42 Å². The van der Waals surface area contributed by atoms with Gasteiger partial charge in [0.25, 0.3) is 0 Å². The number of unbranched alkanes of at least 4 members (excludes halogenated alkanes) is 2. The van der Waals surface area contributed by atoms with Crippen molar-refractivity contribution in [2.75, 3.05) is 0 Å². The monoisotopic (exact) mass is 473 g/mol. The van der Waals surface area contributed by atoms with Crippen LogP contribution in [0.2, 0.25) is 0 Å². The predicted octanol–water partition coefficient (Wildman–Crippen LogP) is 9.00. The highest BCUT2D eigenvalue weighted by Gasteiger charge is 2.24. The summed E-state index contributed by atoms with van der Waals surface area (Å²) in [5.41, 5.74) is 3.38. The van der Waals surface area contributed by atoms with Crippen molar-refractivity contribution >= 4 is 5.97 Å².